The standard InChI is InChI=1S/C10H17Cl2NO/c1-6(2)7(3)13-8(14)9(4)5-10(9,11)12/h6-7H,5H2,1-4H3,(H,13,14). The van der Waals surface area contributed by atoms with Crippen molar-refractivity contribution in [2.75, 3.05) is 0 Å². The SMILES string of the molecule is CC(C)C(C)NC(=O)C1(C)CC1(Cl)Cl. The molecule has 2 nitrogen and oxygen atoms in total. The van der Waals surface area contributed by atoms with Gasteiger partial charge in [-0.05, 0) is 26.2 Å². The fourth-order valence-corrected chi connectivity index (χ4v) is 1.89. The lowest BCUT2D eigenvalue weighted by atomic mass is 10.0. The van der Waals surface area contributed by atoms with Crippen molar-refractivity contribution in [2.24, 2.45) is 11.3 Å². The summed E-state index contributed by atoms with van der Waals surface area (Å²) in [6.45, 7) is 7.91. The third kappa shape index (κ3) is 2.01. The number of halogens is 2. The highest BCUT2D eigenvalue weighted by Gasteiger charge is 2.67. The Hall–Kier alpha value is 0.0500. The van der Waals surface area contributed by atoms with Crippen molar-refractivity contribution in [1.82, 2.24) is 5.32 Å². The van der Waals surface area contributed by atoms with E-state index in [1.165, 1.54) is 0 Å². The van der Waals surface area contributed by atoms with E-state index in [0.29, 0.717) is 12.3 Å². The number of rotatable bonds is 3. The maximum atomic E-state index is 11.8. The average Bonchev–Trinajstić information content (AvgIpc) is 2.52. The van der Waals surface area contributed by atoms with E-state index in [9.17, 15) is 4.79 Å². The number of hydrogen-bond acceptors (Lipinski definition) is 1. The van der Waals surface area contributed by atoms with Crippen LogP contribution >= 0.6 is 23.2 Å². The van der Waals surface area contributed by atoms with Gasteiger partial charge in [0.25, 0.3) is 0 Å². The van der Waals surface area contributed by atoms with Crippen molar-refractivity contribution in [1.29, 1.82) is 0 Å². The molecule has 4 heteroatoms. The zero-order chi connectivity index (χ0) is 11.1. The second kappa shape index (κ2) is 3.57. The Morgan fingerprint density at radius 1 is 1.36 bits per heavy atom. The molecule has 14 heavy (non-hydrogen) atoms. The Kier molecular flexibility index (Phi) is 3.09. The van der Waals surface area contributed by atoms with Crippen LogP contribution in [-0.2, 0) is 4.79 Å². The van der Waals surface area contributed by atoms with Crippen LogP contribution in [-0.4, -0.2) is 16.3 Å². The van der Waals surface area contributed by atoms with Crippen molar-refractivity contribution in [2.45, 2.75) is 44.5 Å². The second-order valence-corrected chi connectivity index (χ2v) is 6.20. The van der Waals surface area contributed by atoms with Gasteiger partial charge in [0.1, 0.15) is 4.33 Å². The molecule has 2 atom stereocenters. The van der Waals surface area contributed by atoms with E-state index in [-0.39, 0.29) is 11.9 Å². The van der Waals surface area contributed by atoms with Gasteiger partial charge in [0.2, 0.25) is 5.91 Å². The molecule has 0 aromatic rings. The molecule has 82 valence electrons. The summed E-state index contributed by atoms with van der Waals surface area (Å²) in [7, 11) is 0. The van der Waals surface area contributed by atoms with Gasteiger partial charge in [-0.25, -0.2) is 0 Å². The van der Waals surface area contributed by atoms with Crippen LogP contribution in [0.2, 0.25) is 0 Å². The zero-order valence-electron chi connectivity index (χ0n) is 9.03. The van der Waals surface area contributed by atoms with E-state index >= 15 is 0 Å². The minimum absolute atomic E-state index is 0.0382. The summed E-state index contributed by atoms with van der Waals surface area (Å²) in [5.74, 6) is 0.380. The molecule has 1 saturated carbocycles. The predicted molar refractivity (Wildman–Crippen MR) is 59.6 cm³/mol. The molecule has 1 rings (SSSR count). The highest BCUT2D eigenvalue weighted by atomic mass is 35.5. The summed E-state index contributed by atoms with van der Waals surface area (Å²) in [4.78, 5) is 11.8. The first-order valence-corrected chi connectivity index (χ1v) is 5.65. The summed E-state index contributed by atoms with van der Waals surface area (Å²) in [5, 5.41) is 2.93. The number of nitrogens with one attached hydrogen (secondary N) is 1. The lowest BCUT2D eigenvalue weighted by Gasteiger charge is -2.20. The normalized spacial score (nSPS) is 31.4. The van der Waals surface area contributed by atoms with Crippen LogP contribution < -0.4 is 5.32 Å². The molecule has 1 aliphatic carbocycles. The summed E-state index contributed by atoms with van der Waals surface area (Å²) in [5.41, 5.74) is -0.598. The van der Waals surface area contributed by atoms with E-state index in [4.69, 9.17) is 23.2 Å². The monoisotopic (exact) mass is 237 g/mol. The first-order valence-electron chi connectivity index (χ1n) is 4.89. The highest BCUT2D eigenvalue weighted by Crippen LogP contribution is 2.63. The summed E-state index contributed by atoms with van der Waals surface area (Å²) < 4.78 is -0.867. The number of alkyl halides is 2. The summed E-state index contributed by atoms with van der Waals surface area (Å²) in [6, 6.07) is 0.157. The van der Waals surface area contributed by atoms with E-state index in [0.717, 1.165) is 0 Å². The fraction of sp³-hybridized carbons (Fsp3) is 0.900. The molecule has 0 heterocycles. The Morgan fingerprint density at radius 2 is 1.79 bits per heavy atom. The Balaban J connectivity index is 2.53. The molecule has 0 aromatic carbocycles. The summed E-state index contributed by atoms with van der Waals surface area (Å²) in [6.07, 6.45) is 0.541. The lowest BCUT2D eigenvalue weighted by molar-refractivity contribution is -0.126. The first-order chi connectivity index (χ1) is 6.21. The molecule has 2 unspecified atom stereocenters. The van der Waals surface area contributed by atoms with Gasteiger partial charge in [-0.2, -0.15) is 0 Å². The maximum Gasteiger partial charge on any atom is 0.229 e. The number of carbonyl (C=O) groups excluding carboxylic acids is 1. The van der Waals surface area contributed by atoms with Crippen LogP contribution in [0.5, 0.6) is 0 Å². The molecule has 0 aliphatic heterocycles. The molecule has 1 fully saturated rings. The minimum Gasteiger partial charge on any atom is -0.353 e. The molecule has 0 bridgehead atoms. The molecule has 0 aromatic heterocycles. The molecule has 1 N–H and O–H groups in total. The zero-order valence-corrected chi connectivity index (χ0v) is 10.5. The van der Waals surface area contributed by atoms with Crippen molar-refractivity contribution >= 4 is 29.1 Å². The largest absolute Gasteiger partial charge is 0.353 e. The summed E-state index contributed by atoms with van der Waals surface area (Å²) >= 11 is 11.8. The van der Waals surface area contributed by atoms with Gasteiger partial charge >= 0.3 is 0 Å². The number of hydrogen-bond donors (Lipinski definition) is 1. The number of carbonyl (C=O) groups is 1. The van der Waals surface area contributed by atoms with E-state index in [1.54, 1.807) is 6.92 Å². The maximum absolute atomic E-state index is 11.8. The molecule has 1 aliphatic rings. The van der Waals surface area contributed by atoms with Crippen LogP contribution in [0.15, 0.2) is 0 Å². The quantitative estimate of drug-likeness (QED) is 0.752. The van der Waals surface area contributed by atoms with Crippen LogP contribution in [0.25, 0.3) is 0 Å². The van der Waals surface area contributed by atoms with Gasteiger partial charge in [-0.3, -0.25) is 4.79 Å². The van der Waals surface area contributed by atoms with Crippen LogP contribution in [0, 0.1) is 11.3 Å². The third-order valence-corrected chi connectivity index (χ3v) is 4.22. The molecule has 0 spiro atoms. The second-order valence-electron chi connectivity index (χ2n) is 4.72. The van der Waals surface area contributed by atoms with Crippen molar-refractivity contribution < 1.29 is 4.79 Å². The van der Waals surface area contributed by atoms with Gasteiger partial charge in [0, 0.05) is 6.04 Å². The fourth-order valence-electron chi connectivity index (χ4n) is 1.18. The van der Waals surface area contributed by atoms with E-state index in [1.807, 2.05) is 6.92 Å². The molecular formula is C10H17Cl2NO. The van der Waals surface area contributed by atoms with Gasteiger partial charge in [-0.15, -0.1) is 23.2 Å². The first kappa shape index (κ1) is 12.1. The van der Waals surface area contributed by atoms with Gasteiger partial charge < -0.3 is 5.32 Å². The van der Waals surface area contributed by atoms with Gasteiger partial charge in [0.15, 0.2) is 0 Å². The smallest absolute Gasteiger partial charge is 0.229 e. The Labute approximate surface area is 95.3 Å². The minimum atomic E-state index is -0.867. The lowest BCUT2D eigenvalue weighted by Crippen LogP contribution is -2.41. The third-order valence-electron chi connectivity index (χ3n) is 3.12. The van der Waals surface area contributed by atoms with Crippen molar-refractivity contribution in [3.8, 4) is 0 Å². The highest BCUT2D eigenvalue weighted by molar-refractivity contribution is 6.53. The predicted octanol–water partition coefficient (Wildman–Crippen LogP) is 2.73. The topological polar surface area (TPSA) is 29.1 Å². The molecule has 1 amide bonds. The van der Waals surface area contributed by atoms with Crippen molar-refractivity contribution in [3.05, 3.63) is 0 Å². The Morgan fingerprint density at radius 3 is 2.07 bits per heavy atom. The van der Waals surface area contributed by atoms with Gasteiger partial charge in [-0.1, -0.05) is 13.8 Å². The van der Waals surface area contributed by atoms with Crippen LogP contribution in [0.4, 0.5) is 0 Å². The van der Waals surface area contributed by atoms with E-state index in [2.05, 4.69) is 19.2 Å². The molecule has 0 saturated heterocycles. The number of amides is 1. The Bertz CT molecular complexity index is 253. The van der Waals surface area contributed by atoms with Crippen molar-refractivity contribution in [3.63, 3.8) is 0 Å². The van der Waals surface area contributed by atoms with Crippen LogP contribution in [0.1, 0.15) is 34.1 Å². The average molecular weight is 238 g/mol. The molecular weight excluding hydrogens is 221 g/mol. The van der Waals surface area contributed by atoms with Crippen LogP contribution in [0.3, 0.4) is 0 Å². The van der Waals surface area contributed by atoms with E-state index < -0.39 is 9.75 Å². The molecule has 0 radical (unpaired) electrons. The van der Waals surface area contributed by atoms with Gasteiger partial charge in [0.05, 0.1) is 5.41 Å².